The molecule has 0 saturated carbocycles. The quantitative estimate of drug-likeness (QED) is 0.384. The van der Waals surface area contributed by atoms with Crippen LogP contribution in [0, 0.1) is 0 Å². The molecule has 0 aliphatic carbocycles. The number of nitrogens with zero attached hydrogens (tertiary/aromatic N) is 2. The topological polar surface area (TPSA) is 39.7 Å². The predicted molar refractivity (Wildman–Crippen MR) is 96.7 cm³/mol. The van der Waals surface area contributed by atoms with Crippen molar-refractivity contribution in [1.29, 1.82) is 0 Å². The van der Waals surface area contributed by atoms with Crippen LogP contribution in [0.25, 0.3) is 0 Å². The highest BCUT2D eigenvalue weighted by molar-refractivity contribution is 14.0. The summed E-state index contributed by atoms with van der Waals surface area (Å²) in [5.74, 6) is 0.936. The summed E-state index contributed by atoms with van der Waals surface area (Å²) in [6, 6.07) is 0.957. The molecule has 0 amide bonds. The minimum Gasteiger partial charge on any atom is -0.357 e. The van der Waals surface area contributed by atoms with Gasteiger partial charge in [0.2, 0.25) is 0 Å². The first-order valence-corrected chi connectivity index (χ1v) is 7.37. The molecule has 4 nitrogen and oxygen atoms in total. The van der Waals surface area contributed by atoms with Crippen molar-refractivity contribution in [1.82, 2.24) is 15.5 Å². The molecule has 2 N–H and O–H groups in total. The number of guanidine groups is 1. The van der Waals surface area contributed by atoms with Crippen molar-refractivity contribution in [3.63, 3.8) is 0 Å². The van der Waals surface area contributed by atoms with E-state index in [0.29, 0.717) is 12.1 Å². The Balaban J connectivity index is 0. The second-order valence-corrected chi connectivity index (χ2v) is 4.74. The lowest BCUT2D eigenvalue weighted by atomic mass is 10.2. The van der Waals surface area contributed by atoms with Crippen molar-refractivity contribution in [3.05, 3.63) is 0 Å². The molecule has 116 valence electrons. The van der Waals surface area contributed by atoms with Crippen LogP contribution < -0.4 is 10.6 Å². The Kier molecular flexibility index (Phi) is 14.5. The molecular formula is C14H33IN4. The van der Waals surface area contributed by atoms with Gasteiger partial charge in [-0.25, -0.2) is 0 Å². The monoisotopic (exact) mass is 384 g/mol. The van der Waals surface area contributed by atoms with E-state index in [4.69, 9.17) is 0 Å². The second-order valence-electron chi connectivity index (χ2n) is 4.74. The van der Waals surface area contributed by atoms with Crippen molar-refractivity contribution >= 4 is 29.9 Å². The van der Waals surface area contributed by atoms with Gasteiger partial charge < -0.3 is 10.6 Å². The third-order valence-electron chi connectivity index (χ3n) is 3.29. The standard InChI is InChI=1S/C14H32N4.HI/c1-7-12(5)17-14(15-8-2)16-11-13(6)18(9-3)10-4;/h12-13H,7-11H2,1-6H3,(H2,15,16,17);1H. The van der Waals surface area contributed by atoms with E-state index in [0.717, 1.165) is 38.6 Å². The van der Waals surface area contributed by atoms with E-state index in [2.05, 4.69) is 62.1 Å². The van der Waals surface area contributed by atoms with Gasteiger partial charge in [0.25, 0.3) is 0 Å². The Hall–Kier alpha value is -0.0400. The zero-order chi connectivity index (χ0) is 14.0. The zero-order valence-electron chi connectivity index (χ0n) is 13.5. The SMILES string of the molecule is CCNC(=NCC(C)N(CC)CC)NC(C)CC.I. The molecule has 0 aromatic heterocycles. The molecule has 0 aromatic rings. The molecule has 0 aromatic carbocycles. The van der Waals surface area contributed by atoms with Gasteiger partial charge in [-0.05, 0) is 40.3 Å². The Labute approximate surface area is 136 Å². The number of aliphatic imine (C=N–C) groups is 1. The molecule has 0 heterocycles. The van der Waals surface area contributed by atoms with Crippen molar-refractivity contribution in [3.8, 4) is 0 Å². The molecule has 0 rings (SSSR count). The highest BCUT2D eigenvalue weighted by Gasteiger charge is 2.10. The van der Waals surface area contributed by atoms with E-state index in [1.165, 1.54) is 0 Å². The lowest BCUT2D eigenvalue weighted by Crippen LogP contribution is -2.43. The molecule has 0 bridgehead atoms. The van der Waals surface area contributed by atoms with Gasteiger partial charge in [0.1, 0.15) is 0 Å². The minimum absolute atomic E-state index is 0. The fraction of sp³-hybridized carbons (Fsp3) is 0.929. The van der Waals surface area contributed by atoms with Crippen LogP contribution in [0.5, 0.6) is 0 Å². The predicted octanol–water partition coefficient (Wildman–Crippen LogP) is 2.69. The van der Waals surface area contributed by atoms with E-state index in [-0.39, 0.29) is 24.0 Å². The number of hydrogen-bond donors (Lipinski definition) is 2. The van der Waals surface area contributed by atoms with Crippen LogP contribution in [0.15, 0.2) is 4.99 Å². The third kappa shape index (κ3) is 9.49. The summed E-state index contributed by atoms with van der Waals surface area (Å²) >= 11 is 0. The van der Waals surface area contributed by atoms with Crippen LogP contribution in [0.3, 0.4) is 0 Å². The molecule has 0 radical (unpaired) electrons. The van der Waals surface area contributed by atoms with Gasteiger partial charge in [0, 0.05) is 18.6 Å². The van der Waals surface area contributed by atoms with Gasteiger partial charge in [-0.1, -0.05) is 20.8 Å². The molecule has 0 saturated heterocycles. The fourth-order valence-corrected chi connectivity index (χ4v) is 1.84. The average molecular weight is 384 g/mol. The second kappa shape index (κ2) is 13.0. The Morgan fingerprint density at radius 1 is 1.11 bits per heavy atom. The average Bonchev–Trinajstić information content (AvgIpc) is 2.37. The smallest absolute Gasteiger partial charge is 0.191 e. The summed E-state index contributed by atoms with van der Waals surface area (Å²) in [5, 5.41) is 6.72. The lowest BCUT2D eigenvalue weighted by Gasteiger charge is -2.25. The summed E-state index contributed by atoms with van der Waals surface area (Å²) in [6.07, 6.45) is 1.11. The van der Waals surface area contributed by atoms with E-state index < -0.39 is 0 Å². The molecule has 0 fully saturated rings. The van der Waals surface area contributed by atoms with Gasteiger partial charge in [-0.15, -0.1) is 24.0 Å². The van der Waals surface area contributed by atoms with E-state index >= 15 is 0 Å². The normalized spacial score (nSPS) is 14.8. The zero-order valence-corrected chi connectivity index (χ0v) is 15.8. The summed E-state index contributed by atoms with van der Waals surface area (Å²) in [5.41, 5.74) is 0. The molecule has 2 unspecified atom stereocenters. The number of nitrogens with one attached hydrogen (secondary N) is 2. The summed E-state index contributed by atoms with van der Waals surface area (Å²) in [6.45, 7) is 17.0. The Morgan fingerprint density at radius 3 is 2.11 bits per heavy atom. The van der Waals surface area contributed by atoms with Crippen LogP contribution in [-0.2, 0) is 0 Å². The van der Waals surface area contributed by atoms with Crippen LogP contribution in [0.2, 0.25) is 0 Å². The minimum atomic E-state index is 0. The van der Waals surface area contributed by atoms with Gasteiger partial charge in [0.05, 0.1) is 6.54 Å². The number of hydrogen-bond acceptors (Lipinski definition) is 2. The molecule has 2 atom stereocenters. The maximum Gasteiger partial charge on any atom is 0.191 e. The Bertz CT molecular complexity index is 229. The maximum absolute atomic E-state index is 4.67. The van der Waals surface area contributed by atoms with Crippen molar-refractivity contribution < 1.29 is 0 Å². The Morgan fingerprint density at radius 2 is 1.68 bits per heavy atom. The molecule has 5 heteroatoms. The van der Waals surface area contributed by atoms with Crippen LogP contribution >= 0.6 is 24.0 Å². The van der Waals surface area contributed by atoms with Gasteiger partial charge >= 0.3 is 0 Å². The highest BCUT2D eigenvalue weighted by atomic mass is 127. The van der Waals surface area contributed by atoms with Crippen LogP contribution in [0.4, 0.5) is 0 Å². The molecule has 0 spiro atoms. The van der Waals surface area contributed by atoms with Crippen LogP contribution in [0.1, 0.15) is 48.0 Å². The first kappa shape index (κ1) is 21.3. The third-order valence-corrected chi connectivity index (χ3v) is 3.29. The van der Waals surface area contributed by atoms with E-state index in [1.807, 2.05) is 0 Å². The molecule has 0 aliphatic rings. The van der Waals surface area contributed by atoms with E-state index in [1.54, 1.807) is 0 Å². The first-order chi connectivity index (χ1) is 8.58. The summed E-state index contributed by atoms with van der Waals surface area (Å²) < 4.78 is 0. The molecule has 19 heavy (non-hydrogen) atoms. The fourth-order valence-electron chi connectivity index (χ4n) is 1.84. The van der Waals surface area contributed by atoms with Gasteiger partial charge in [-0.3, -0.25) is 9.89 Å². The first-order valence-electron chi connectivity index (χ1n) is 7.37. The molecular weight excluding hydrogens is 351 g/mol. The summed E-state index contributed by atoms with van der Waals surface area (Å²) in [7, 11) is 0. The molecule has 0 aliphatic heterocycles. The number of rotatable bonds is 8. The van der Waals surface area contributed by atoms with Crippen molar-refractivity contribution in [2.24, 2.45) is 4.99 Å². The van der Waals surface area contributed by atoms with Crippen molar-refractivity contribution in [2.45, 2.75) is 60.0 Å². The van der Waals surface area contributed by atoms with Crippen LogP contribution in [-0.4, -0.2) is 49.1 Å². The van der Waals surface area contributed by atoms with Gasteiger partial charge in [0.15, 0.2) is 5.96 Å². The van der Waals surface area contributed by atoms with E-state index in [9.17, 15) is 0 Å². The number of likely N-dealkylation sites (N-methyl/N-ethyl adjacent to an activating group) is 1. The van der Waals surface area contributed by atoms with Gasteiger partial charge in [-0.2, -0.15) is 0 Å². The van der Waals surface area contributed by atoms with Crippen molar-refractivity contribution in [2.75, 3.05) is 26.2 Å². The largest absolute Gasteiger partial charge is 0.357 e. The lowest BCUT2D eigenvalue weighted by molar-refractivity contribution is 0.237. The number of halogens is 1. The summed E-state index contributed by atoms with van der Waals surface area (Å²) in [4.78, 5) is 7.10. The maximum atomic E-state index is 4.67. The highest BCUT2D eigenvalue weighted by Crippen LogP contribution is 1.98.